The lowest BCUT2D eigenvalue weighted by Gasteiger charge is -2.26. The van der Waals surface area contributed by atoms with E-state index in [1.54, 1.807) is 0 Å². The van der Waals surface area contributed by atoms with Crippen LogP contribution in [-0.2, 0) is 6.54 Å². The van der Waals surface area contributed by atoms with Crippen molar-refractivity contribution in [1.29, 1.82) is 0 Å². The first-order valence-corrected chi connectivity index (χ1v) is 5.69. The standard InChI is InChI=1S/C12H20N2/c1-10-2-4-12(5-3-10)14-9-11-6-7-13-8-11/h6-8,10,12-14H,2-5,9H2,1H3. The van der Waals surface area contributed by atoms with E-state index in [4.69, 9.17) is 0 Å². The first-order valence-electron chi connectivity index (χ1n) is 5.69. The van der Waals surface area contributed by atoms with Gasteiger partial charge in [0, 0.05) is 25.0 Å². The third-order valence-corrected chi connectivity index (χ3v) is 3.27. The second-order valence-electron chi connectivity index (χ2n) is 4.56. The lowest BCUT2D eigenvalue weighted by atomic mass is 9.87. The molecule has 2 N–H and O–H groups in total. The SMILES string of the molecule is CC1CCC(NCc2cc[nH]c2)CC1. The summed E-state index contributed by atoms with van der Waals surface area (Å²) >= 11 is 0. The molecule has 1 aliphatic rings. The summed E-state index contributed by atoms with van der Waals surface area (Å²) in [5.74, 6) is 0.945. The minimum atomic E-state index is 0.751. The topological polar surface area (TPSA) is 27.8 Å². The zero-order valence-corrected chi connectivity index (χ0v) is 8.92. The van der Waals surface area contributed by atoms with Crippen molar-refractivity contribution in [2.45, 2.75) is 45.2 Å². The molecule has 0 bridgehead atoms. The highest BCUT2D eigenvalue weighted by atomic mass is 14.9. The molecule has 1 aliphatic carbocycles. The Morgan fingerprint density at radius 2 is 2.14 bits per heavy atom. The van der Waals surface area contributed by atoms with Gasteiger partial charge in [0.25, 0.3) is 0 Å². The minimum Gasteiger partial charge on any atom is -0.367 e. The summed E-state index contributed by atoms with van der Waals surface area (Å²) in [5, 5.41) is 3.62. The summed E-state index contributed by atoms with van der Waals surface area (Å²) in [4.78, 5) is 3.08. The van der Waals surface area contributed by atoms with E-state index in [9.17, 15) is 0 Å². The van der Waals surface area contributed by atoms with Crippen molar-refractivity contribution in [3.63, 3.8) is 0 Å². The third-order valence-electron chi connectivity index (χ3n) is 3.27. The van der Waals surface area contributed by atoms with Crippen LogP contribution in [0.1, 0.15) is 38.2 Å². The molecule has 0 aromatic carbocycles. The van der Waals surface area contributed by atoms with Gasteiger partial charge in [0.1, 0.15) is 0 Å². The van der Waals surface area contributed by atoms with Gasteiger partial charge in [-0.1, -0.05) is 6.92 Å². The van der Waals surface area contributed by atoms with Gasteiger partial charge >= 0.3 is 0 Å². The van der Waals surface area contributed by atoms with Crippen LogP contribution >= 0.6 is 0 Å². The van der Waals surface area contributed by atoms with E-state index < -0.39 is 0 Å². The molecule has 0 atom stereocenters. The second-order valence-corrected chi connectivity index (χ2v) is 4.56. The Kier molecular flexibility index (Phi) is 3.25. The van der Waals surface area contributed by atoms with Crippen molar-refractivity contribution < 1.29 is 0 Å². The Balaban J connectivity index is 1.71. The van der Waals surface area contributed by atoms with Crippen LogP contribution in [0.5, 0.6) is 0 Å². The normalized spacial score (nSPS) is 27.8. The van der Waals surface area contributed by atoms with Crippen molar-refractivity contribution in [3.05, 3.63) is 24.0 Å². The van der Waals surface area contributed by atoms with Crippen LogP contribution in [0.15, 0.2) is 18.5 Å². The largest absolute Gasteiger partial charge is 0.367 e. The molecule has 0 spiro atoms. The minimum absolute atomic E-state index is 0.751. The van der Waals surface area contributed by atoms with Gasteiger partial charge in [-0.05, 0) is 43.2 Å². The molecule has 0 amide bonds. The number of aromatic nitrogens is 1. The van der Waals surface area contributed by atoms with E-state index in [1.807, 2.05) is 6.20 Å². The number of H-pyrrole nitrogens is 1. The van der Waals surface area contributed by atoms with Crippen molar-refractivity contribution in [2.24, 2.45) is 5.92 Å². The van der Waals surface area contributed by atoms with Crippen molar-refractivity contribution in [1.82, 2.24) is 10.3 Å². The molecular weight excluding hydrogens is 172 g/mol. The van der Waals surface area contributed by atoms with Gasteiger partial charge in [0.2, 0.25) is 0 Å². The number of nitrogens with one attached hydrogen (secondary N) is 2. The molecule has 0 saturated heterocycles. The van der Waals surface area contributed by atoms with Gasteiger partial charge in [0.05, 0.1) is 0 Å². The van der Waals surface area contributed by atoms with Gasteiger partial charge in [-0.3, -0.25) is 0 Å². The fourth-order valence-corrected chi connectivity index (χ4v) is 2.19. The number of aromatic amines is 1. The summed E-state index contributed by atoms with van der Waals surface area (Å²) in [6.45, 7) is 3.38. The maximum atomic E-state index is 3.62. The number of rotatable bonds is 3. The number of hydrogen-bond acceptors (Lipinski definition) is 1. The number of hydrogen-bond donors (Lipinski definition) is 2. The zero-order chi connectivity index (χ0) is 9.80. The molecule has 14 heavy (non-hydrogen) atoms. The van der Waals surface area contributed by atoms with Crippen LogP contribution in [0.4, 0.5) is 0 Å². The summed E-state index contributed by atoms with van der Waals surface area (Å²) < 4.78 is 0. The smallest absolute Gasteiger partial charge is 0.0223 e. The lowest BCUT2D eigenvalue weighted by molar-refractivity contribution is 0.306. The van der Waals surface area contributed by atoms with Crippen LogP contribution in [0.2, 0.25) is 0 Å². The predicted molar refractivity (Wildman–Crippen MR) is 59.1 cm³/mol. The van der Waals surface area contributed by atoms with E-state index in [1.165, 1.54) is 31.2 Å². The highest BCUT2D eigenvalue weighted by molar-refractivity contribution is 5.07. The fourth-order valence-electron chi connectivity index (χ4n) is 2.19. The van der Waals surface area contributed by atoms with E-state index in [-0.39, 0.29) is 0 Å². The zero-order valence-electron chi connectivity index (χ0n) is 8.92. The molecule has 0 radical (unpaired) electrons. The van der Waals surface area contributed by atoms with Crippen molar-refractivity contribution in [3.8, 4) is 0 Å². The molecular formula is C12H20N2. The average molecular weight is 192 g/mol. The third kappa shape index (κ3) is 2.61. The van der Waals surface area contributed by atoms with Gasteiger partial charge in [-0.2, -0.15) is 0 Å². The first-order chi connectivity index (χ1) is 6.84. The lowest BCUT2D eigenvalue weighted by Crippen LogP contribution is -2.32. The highest BCUT2D eigenvalue weighted by Crippen LogP contribution is 2.23. The molecule has 2 heteroatoms. The molecule has 1 heterocycles. The van der Waals surface area contributed by atoms with Crippen LogP contribution in [0.3, 0.4) is 0 Å². The maximum absolute atomic E-state index is 3.62. The molecule has 1 fully saturated rings. The van der Waals surface area contributed by atoms with Crippen molar-refractivity contribution in [2.75, 3.05) is 0 Å². The second kappa shape index (κ2) is 4.65. The molecule has 0 unspecified atom stereocenters. The van der Waals surface area contributed by atoms with Crippen LogP contribution in [-0.4, -0.2) is 11.0 Å². The van der Waals surface area contributed by atoms with E-state index in [0.29, 0.717) is 0 Å². The van der Waals surface area contributed by atoms with Gasteiger partial charge < -0.3 is 10.3 Å². The highest BCUT2D eigenvalue weighted by Gasteiger charge is 2.17. The molecule has 1 saturated carbocycles. The van der Waals surface area contributed by atoms with E-state index in [2.05, 4.69) is 29.5 Å². The summed E-state index contributed by atoms with van der Waals surface area (Å²) in [6.07, 6.45) is 9.55. The van der Waals surface area contributed by atoms with Crippen LogP contribution in [0.25, 0.3) is 0 Å². The molecule has 78 valence electrons. The monoisotopic (exact) mass is 192 g/mol. The fraction of sp³-hybridized carbons (Fsp3) is 0.667. The summed E-state index contributed by atoms with van der Waals surface area (Å²) in [5.41, 5.74) is 1.36. The van der Waals surface area contributed by atoms with Crippen LogP contribution < -0.4 is 5.32 Å². The Hall–Kier alpha value is -0.760. The Labute approximate surface area is 86.1 Å². The Morgan fingerprint density at radius 1 is 1.36 bits per heavy atom. The summed E-state index contributed by atoms with van der Waals surface area (Å²) in [7, 11) is 0. The predicted octanol–water partition coefficient (Wildman–Crippen LogP) is 2.68. The van der Waals surface area contributed by atoms with E-state index in [0.717, 1.165) is 18.5 Å². The van der Waals surface area contributed by atoms with Gasteiger partial charge in [-0.25, -0.2) is 0 Å². The molecule has 1 aromatic rings. The van der Waals surface area contributed by atoms with E-state index >= 15 is 0 Å². The van der Waals surface area contributed by atoms with Crippen LogP contribution in [0, 0.1) is 5.92 Å². The maximum Gasteiger partial charge on any atom is 0.0223 e. The first kappa shape index (κ1) is 9.78. The van der Waals surface area contributed by atoms with Crippen molar-refractivity contribution >= 4 is 0 Å². The van der Waals surface area contributed by atoms with Gasteiger partial charge in [0.15, 0.2) is 0 Å². The Bertz CT molecular complexity index is 245. The molecule has 1 aromatic heterocycles. The average Bonchev–Trinajstić information content (AvgIpc) is 2.70. The quantitative estimate of drug-likeness (QED) is 0.757. The molecule has 0 aliphatic heterocycles. The molecule has 2 rings (SSSR count). The Morgan fingerprint density at radius 3 is 2.79 bits per heavy atom. The molecule has 2 nitrogen and oxygen atoms in total. The van der Waals surface area contributed by atoms with Gasteiger partial charge in [-0.15, -0.1) is 0 Å². The summed E-state index contributed by atoms with van der Waals surface area (Å²) in [6, 6.07) is 2.89.